The number of rotatable bonds is 2. The largest absolute Gasteiger partial charge is 0.384 e. The first-order valence-electron chi connectivity index (χ1n) is 4.19. The average molecular weight is 191 g/mol. The van der Waals surface area contributed by atoms with E-state index in [9.17, 15) is 5.11 Å². The van der Waals surface area contributed by atoms with Gasteiger partial charge in [-0.05, 0) is 19.1 Å². The van der Waals surface area contributed by atoms with Crippen molar-refractivity contribution in [2.45, 2.75) is 13.0 Å². The monoisotopic (exact) mass is 191 g/mol. The van der Waals surface area contributed by atoms with Gasteiger partial charge in [0, 0.05) is 18.0 Å². The quantitative estimate of drug-likeness (QED) is 0.771. The van der Waals surface area contributed by atoms with Crippen molar-refractivity contribution in [1.82, 2.24) is 15.1 Å². The smallest absolute Gasteiger partial charge is 0.255 e. The molecule has 5 nitrogen and oxygen atoms in total. The van der Waals surface area contributed by atoms with Crippen LogP contribution < -0.4 is 0 Å². The minimum absolute atomic E-state index is 0.219. The van der Waals surface area contributed by atoms with E-state index in [0.717, 1.165) is 5.56 Å². The summed E-state index contributed by atoms with van der Waals surface area (Å²) < 4.78 is 4.85. The molecule has 72 valence electrons. The number of aromatic nitrogens is 3. The molecule has 2 rings (SSSR count). The highest BCUT2D eigenvalue weighted by atomic mass is 16.5. The molecule has 2 aromatic heterocycles. The van der Waals surface area contributed by atoms with Gasteiger partial charge in [-0.2, -0.15) is 4.98 Å². The van der Waals surface area contributed by atoms with Gasteiger partial charge in [0.25, 0.3) is 5.89 Å². The van der Waals surface area contributed by atoms with Crippen LogP contribution in [0.5, 0.6) is 0 Å². The molecule has 0 amide bonds. The molecular weight excluding hydrogens is 182 g/mol. The molecule has 1 atom stereocenters. The molecular formula is C9H9N3O2. The van der Waals surface area contributed by atoms with Gasteiger partial charge in [0.15, 0.2) is 0 Å². The van der Waals surface area contributed by atoms with E-state index in [1.807, 2.05) is 0 Å². The third kappa shape index (κ3) is 1.62. The van der Waals surface area contributed by atoms with Crippen LogP contribution in [0, 0.1) is 0 Å². The van der Waals surface area contributed by atoms with Crippen LogP contribution in [-0.2, 0) is 0 Å². The topological polar surface area (TPSA) is 72.0 Å². The summed E-state index contributed by atoms with van der Waals surface area (Å²) in [5, 5.41) is 12.9. The first-order valence-corrected chi connectivity index (χ1v) is 4.19. The Hall–Kier alpha value is -1.75. The minimum Gasteiger partial charge on any atom is -0.384 e. The van der Waals surface area contributed by atoms with Gasteiger partial charge in [-0.1, -0.05) is 5.16 Å². The van der Waals surface area contributed by atoms with Gasteiger partial charge in [0.05, 0.1) is 0 Å². The van der Waals surface area contributed by atoms with Crippen molar-refractivity contribution in [2.75, 3.05) is 0 Å². The Bertz CT molecular complexity index is 411. The van der Waals surface area contributed by atoms with Crippen LogP contribution in [-0.4, -0.2) is 20.2 Å². The summed E-state index contributed by atoms with van der Waals surface area (Å²) in [6.45, 7) is 1.57. The zero-order valence-corrected chi connectivity index (χ0v) is 7.58. The summed E-state index contributed by atoms with van der Waals surface area (Å²) >= 11 is 0. The van der Waals surface area contributed by atoms with Gasteiger partial charge in [-0.15, -0.1) is 0 Å². The molecule has 0 bridgehead atoms. The molecule has 0 aliphatic rings. The Balaban J connectivity index is 2.34. The molecule has 0 unspecified atom stereocenters. The first kappa shape index (κ1) is 8.83. The fraction of sp³-hybridized carbons (Fsp3) is 0.222. The van der Waals surface area contributed by atoms with E-state index in [0.29, 0.717) is 5.82 Å². The second-order valence-electron chi connectivity index (χ2n) is 2.87. The Kier molecular flexibility index (Phi) is 2.24. The second-order valence-corrected chi connectivity index (χ2v) is 2.87. The van der Waals surface area contributed by atoms with Crippen LogP contribution in [0.1, 0.15) is 18.9 Å². The van der Waals surface area contributed by atoms with Crippen molar-refractivity contribution in [3.05, 3.63) is 30.4 Å². The molecule has 0 spiro atoms. The zero-order chi connectivity index (χ0) is 9.97. The number of aliphatic hydroxyl groups excluding tert-OH is 1. The predicted molar refractivity (Wildman–Crippen MR) is 48.2 cm³/mol. The van der Waals surface area contributed by atoms with Crippen LogP contribution in [0.2, 0.25) is 0 Å². The Morgan fingerprint density at radius 2 is 2.07 bits per heavy atom. The molecule has 0 aromatic carbocycles. The lowest BCUT2D eigenvalue weighted by atomic mass is 10.2. The molecule has 2 heterocycles. The maximum Gasteiger partial charge on any atom is 0.255 e. The van der Waals surface area contributed by atoms with E-state index in [4.69, 9.17) is 4.52 Å². The Morgan fingerprint density at radius 3 is 2.64 bits per heavy atom. The lowest BCUT2D eigenvalue weighted by Gasteiger charge is -1.92. The highest BCUT2D eigenvalue weighted by Crippen LogP contribution is 2.16. The van der Waals surface area contributed by atoms with E-state index < -0.39 is 6.10 Å². The van der Waals surface area contributed by atoms with Crippen molar-refractivity contribution >= 4 is 0 Å². The molecule has 2 aromatic rings. The Labute approximate surface area is 80.4 Å². The van der Waals surface area contributed by atoms with Gasteiger partial charge in [-0.25, -0.2) is 0 Å². The number of nitrogens with zero attached hydrogens (tertiary/aromatic N) is 3. The number of hydrogen-bond donors (Lipinski definition) is 1. The van der Waals surface area contributed by atoms with E-state index in [2.05, 4.69) is 15.1 Å². The van der Waals surface area contributed by atoms with E-state index in [1.54, 1.807) is 31.5 Å². The number of pyridine rings is 1. The molecule has 0 saturated heterocycles. The fourth-order valence-electron chi connectivity index (χ4n) is 1.02. The van der Waals surface area contributed by atoms with Crippen LogP contribution in [0.25, 0.3) is 11.4 Å². The van der Waals surface area contributed by atoms with Gasteiger partial charge in [0.2, 0.25) is 5.82 Å². The summed E-state index contributed by atoms with van der Waals surface area (Å²) in [6.07, 6.45) is 2.56. The van der Waals surface area contributed by atoms with Gasteiger partial charge >= 0.3 is 0 Å². The molecule has 0 saturated carbocycles. The summed E-state index contributed by atoms with van der Waals surface area (Å²) in [5.41, 5.74) is 0.815. The third-order valence-electron chi connectivity index (χ3n) is 1.74. The number of hydrogen-bond acceptors (Lipinski definition) is 5. The third-order valence-corrected chi connectivity index (χ3v) is 1.74. The van der Waals surface area contributed by atoms with Gasteiger partial charge in [0.1, 0.15) is 6.10 Å². The summed E-state index contributed by atoms with van der Waals surface area (Å²) in [6, 6.07) is 3.55. The summed E-state index contributed by atoms with van der Waals surface area (Å²) in [5.74, 6) is 0.681. The Morgan fingerprint density at radius 1 is 1.36 bits per heavy atom. The molecule has 14 heavy (non-hydrogen) atoms. The van der Waals surface area contributed by atoms with Crippen molar-refractivity contribution < 1.29 is 9.63 Å². The van der Waals surface area contributed by atoms with E-state index in [-0.39, 0.29) is 5.89 Å². The lowest BCUT2D eigenvalue weighted by Crippen LogP contribution is -1.90. The normalized spacial score (nSPS) is 12.7. The second kappa shape index (κ2) is 3.55. The predicted octanol–water partition coefficient (Wildman–Crippen LogP) is 1.18. The SMILES string of the molecule is C[C@H](O)c1nc(-c2ccncc2)no1. The lowest BCUT2D eigenvalue weighted by molar-refractivity contribution is 0.152. The van der Waals surface area contributed by atoms with Crippen molar-refractivity contribution in [3.8, 4) is 11.4 Å². The van der Waals surface area contributed by atoms with Crippen molar-refractivity contribution in [3.63, 3.8) is 0 Å². The average Bonchev–Trinajstić information content (AvgIpc) is 2.68. The molecule has 0 radical (unpaired) electrons. The van der Waals surface area contributed by atoms with Crippen molar-refractivity contribution in [2.24, 2.45) is 0 Å². The fourth-order valence-corrected chi connectivity index (χ4v) is 1.02. The molecule has 0 fully saturated rings. The minimum atomic E-state index is -0.738. The zero-order valence-electron chi connectivity index (χ0n) is 7.58. The van der Waals surface area contributed by atoms with Crippen LogP contribution in [0.4, 0.5) is 0 Å². The highest BCUT2D eigenvalue weighted by Gasteiger charge is 2.11. The maximum absolute atomic E-state index is 9.18. The first-order chi connectivity index (χ1) is 6.77. The van der Waals surface area contributed by atoms with E-state index in [1.165, 1.54) is 0 Å². The molecule has 5 heteroatoms. The van der Waals surface area contributed by atoms with Crippen LogP contribution in [0.3, 0.4) is 0 Å². The number of aliphatic hydroxyl groups is 1. The molecule has 0 aliphatic heterocycles. The summed E-state index contributed by atoms with van der Waals surface area (Å²) in [7, 11) is 0. The standard InChI is InChI=1S/C9H9N3O2/c1-6(13)9-11-8(12-14-9)7-2-4-10-5-3-7/h2-6,13H,1H3/t6-/m0/s1. The summed E-state index contributed by atoms with van der Waals surface area (Å²) in [4.78, 5) is 7.90. The highest BCUT2D eigenvalue weighted by molar-refractivity contribution is 5.52. The van der Waals surface area contributed by atoms with Crippen molar-refractivity contribution in [1.29, 1.82) is 0 Å². The van der Waals surface area contributed by atoms with Crippen LogP contribution in [0.15, 0.2) is 29.0 Å². The van der Waals surface area contributed by atoms with E-state index >= 15 is 0 Å². The van der Waals surface area contributed by atoms with Gasteiger partial charge in [-0.3, -0.25) is 4.98 Å². The van der Waals surface area contributed by atoms with Gasteiger partial charge < -0.3 is 9.63 Å². The van der Waals surface area contributed by atoms with Crippen LogP contribution >= 0.6 is 0 Å². The molecule has 1 N–H and O–H groups in total. The molecule has 0 aliphatic carbocycles. The maximum atomic E-state index is 9.18.